The van der Waals surface area contributed by atoms with E-state index >= 15 is 0 Å². The summed E-state index contributed by atoms with van der Waals surface area (Å²) in [5, 5.41) is 0. The first kappa shape index (κ1) is 10.4. The minimum atomic E-state index is 0.142. The molecule has 0 heterocycles. The zero-order valence-corrected chi connectivity index (χ0v) is 9.76. The molecule has 0 atom stereocenters. The number of aryl methyl sites for hydroxylation is 1. The van der Waals surface area contributed by atoms with Gasteiger partial charge in [0.25, 0.3) is 0 Å². The number of hydrogen-bond acceptors (Lipinski definition) is 1. The third-order valence-electron chi connectivity index (χ3n) is 3.13. The van der Waals surface area contributed by atoms with E-state index in [-0.39, 0.29) is 5.41 Å². The SMILES string of the molecule is CC(C)(C)c1cccc2c1CC(=O)CC2. The van der Waals surface area contributed by atoms with Crippen molar-refractivity contribution in [2.45, 2.75) is 45.4 Å². The quantitative estimate of drug-likeness (QED) is 0.632. The largest absolute Gasteiger partial charge is 0.299 e. The van der Waals surface area contributed by atoms with E-state index in [2.05, 4.69) is 39.0 Å². The highest BCUT2D eigenvalue weighted by Crippen LogP contribution is 2.31. The van der Waals surface area contributed by atoms with E-state index in [1.807, 2.05) is 0 Å². The lowest BCUT2D eigenvalue weighted by atomic mass is 9.78. The van der Waals surface area contributed by atoms with E-state index in [9.17, 15) is 4.79 Å². The number of ketones is 1. The molecule has 0 N–H and O–H groups in total. The Hall–Kier alpha value is -1.11. The van der Waals surface area contributed by atoms with Gasteiger partial charge in [-0.1, -0.05) is 39.0 Å². The standard InChI is InChI=1S/C14H18O/c1-14(2,3)13-6-4-5-10-7-8-11(15)9-12(10)13/h4-6H,7-9H2,1-3H3. The fourth-order valence-corrected chi connectivity index (χ4v) is 2.34. The van der Waals surface area contributed by atoms with E-state index in [1.54, 1.807) is 0 Å². The third-order valence-corrected chi connectivity index (χ3v) is 3.13. The van der Waals surface area contributed by atoms with E-state index in [0.717, 1.165) is 12.8 Å². The lowest BCUT2D eigenvalue weighted by Gasteiger charge is -2.26. The molecule has 1 aromatic rings. The van der Waals surface area contributed by atoms with Crippen molar-refractivity contribution in [1.29, 1.82) is 0 Å². The predicted octanol–water partition coefficient (Wildman–Crippen LogP) is 3.04. The summed E-state index contributed by atoms with van der Waals surface area (Å²) in [6, 6.07) is 6.45. The number of rotatable bonds is 0. The molecule has 0 fully saturated rings. The summed E-state index contributed by atoms with van der Waals surface area (Å²) < 4.78 is 0. The molecule has 0 amide bonds. The first-order valence-electron chi connectivity index (χ1n) is 5.61. The summed E-state index contributed by atoms with van der Waals surface area (Å²) in [7, 11) is 0. The summed E-state index contributed by atoms with van der Waals surface area (Å²) in [5.74, 6) is 0.388. The Labute approximate surface area is 91.5 Å². The van der Waals surface area contributed by atoms with E-state index in [0.29, 0.717) is 12.2 Å². The molecule has 1 nitrogen and oxygen atoms in total. The van der Waals surface area contributed by atoms with Gasteiger partial charge in [0.05, 0.1) is 0 Å². The van der Waals surface area contributed by atoms with Gasteiger partial charge in [-0.25, -0.2) is 0 Å². The van der Waals surface area contributed by atoms with Crippen LogP contribution in [0.1, 0.15) is 43.9 Å². The zero-order chi connectivity index (χ0) is 11.1. The van der Waals surface area contributed by atoms with Gasteiger partial charge in [-0.15, -0.1) is 0 Å². The van der Waals surface area contributed by atoms with Crippen LogP contribution in [0.15, 0.2) is 18.2 Å². The highest BCUT2D eigenvalue weighted by Gasteiger charge is 2.23. The summed E-state index contributed by atoms with van der Waals surface area (Å²) in [5.41, 5.74) is 4.15. The summed E-state index contributed by atoms with van der Waals surface area (Å²) >= 11 is 0. The predicted molar refractivity (Wildman–Crippen MR) is 62.2 cm³/mol. The molecule has 0 saturated heterocycles. The maximum atomic E-state index is 11.5. The molecule has 2 rings (SSSR count). The van der Waals surface area contributed by atoms with Gasteiger partial charge in [0.1, 0.15) is 5.78 Å². The number of fused-ring (bicyclic) bond motifs is 1. The Morgan fingerprint density at radius 2 is 1.87 bits per heavy atom. The number of benzene rings is 1. The number of carbonyl (C=O) groups is 1. The van der Waals surface area contributed by atoms with Gasteiger partial charge in [0.2, 0.25) is 0 Å². The van der Waals surface area contributed by atoms with Crippen molar-refractivity contribution in [3.05, 3.63) is 34.9 Å². The van der Waals surface area contributed by atoms with Crippen molar-refractivity contribution in [1.82, 2.24) is 0 Å². The minimum absolute atomic E-state index is 0.142. The Kier molecular flexibility index (Phi) is 2.41. The second kappa shape index (κ2) is 3.48. The fourth-order valence-electron chi connectivity index (χ4n) is 2.34. The van der Waals surface area contributed by atoms with Crippen LogP contribution in [-0.4, -0.2) is 5.78 Å². The van der Waals surface area contributed by atoms with Crippen LogP contribution >= 0.6 is 0 Å². The van der Waals surface area contributed by atoms with Crippen LogP contribution in [0, 0.1) is 0 Å². The highest BCUT2D eigenvalue weighted by atomic mass is 16.1. The van der Waals surface area contributed by atoms with Crippen LogP contribution in [0.4, 0.5) is 0 Å². The van der Waals surface area contributed by atoms with Crippen LogP contribution in [0.3, 0.4) is 0 Å². The van der Waals surface area contributed by atoms with E-state index in [1.165, 1.54) is 16.7 Å². The molecule has 1 aliphatic rings. The third kappa shape index (κ3) is 1.97. The smallest absolute Gasteiger partial charge is 0.137 e. The fraction of sp³-hybridized carbons (Fsp3) is 0.500. The van der Waals surface area contributed by atoms with E-state index < -0.39 is 0 Å². The number of carbonyl (C=O) groups excluding carboxylic acids is 1. The molecule has 0 saturated carbocycles. The summed E-state index contributed by atoms with van der Waals surface area (Å²) in [6.07, 6.45) is 2.29. The molecular weight excluding hydrogens is 184 g/mol. The molecule has 0 spiro atoms. The Balaban J connectivity index is 2.53. The molecule has 1 aromatic carbocycles. The maximum Gasteiger partial charge on any atom is 0.137 e. The second-order valence-electron chi connectivity index (χ2n) is 5.41. The van der Waals surface area contributed by atoms with Gasteiger partial charge in [0, 0.05) is 12.8 Å². The minimum Gasteiger partial charge on any atom is -0.299 e. The molecule has 1 aliphatic carbocycles. The molecule has 0 aromatic heterocycles. The Morgan fingerprint density at radius 3 is 2.53 bits per heavy atom. The average Bonchev–Trinajstić information content (AvgIpc) is 2.15. The van der Waals surface area contributed by atoms with Gasteiger partial charge in [-0.05, 0) is 28.5 Å². The first-order valence-corrected chi connectivity index (χ1v) is 5.61. The molecule has 80 valence electrons. The maximum absolute atomic E-state index is 11.5. The number of hydrogen-bond donors (Lipinski definition) is 0. The molecule has 0 unspecified atom stereocenters. The van der Waals surface area contributed by atoms with Gasteiger partial charge < -0.3 is 0 Å². The molecule has 15 heavy (non-hydrogen) atoms. The first-order chi connectivity index (χ1) is 6.98. The summed E-state index contributed by atoms with van der Waals surface area (Å²) in [4.78, 5) is 11.5. The molecular formula is C14H18O. The molecule has 0 aliphatic heterocycles. The van der Waals surface area contributed by atoms with Crippen molar-refractivity contribution in [2.75, 3.05) is 0 Å². The molecule has 1 heteroatoms. The van der Waals surface area contributed by atoms with Crippen LogP contribution in [-0.2, 0) is 23.1 Å². The Bertz CT molecular complexity index is 396. The van der Waals surface area contributed by atoms with Crippen LogP contribution in [0.2, 0.25) is 0 Å². The van der Waals surface area contributed by atoms with Crippen molar-refractivity contribution in [2.24, 2.45) is 0 Å². The van der Waals surface area contributed by atoms with Gasteiger partial charge in [0.15, 0.2) is 0 Å². The van der Waals surface area contributed by atoms with Crippen molar-refractivity contribution >= 4 is 5.78 Å². The van der Waals surface area contributed by atoms with Crippen LogP contribution < -0.4 is 0 Å². The summed E-state index contributed by atoms with van der Waals surface area (Å²) in [6.45, 7) is 6.63. The average molecular weight is 202 g/mol. The van der Waals surface area contributed by atoms with Gasteiger partial charge >= 0.3 is 0 Å². The monoisotopic (exact) mass is 202 g/mol. The number of Topliss-reactive ketones (excluding diaryl/α,β-unsaturated/α-hetero) is 1. The van der Waals surface area contributed by atoms with Crippen molar-refractivity contribution < 1.29 is 4.79 Å². The lowest BCUT2D eigenvalue weighted by molar-refractivity contribution is -0.118. The molecule has 0 bridgehead atoms. The van der Waals surface area contributed by atoms with Gasteiger partial charge in [-0.3, -0.25) is 4.79 Å². The van der Waals surface area contributed by atoms with Gasteiger partial charge in [-0.2, -0.15) is 0 Å². The topological polar surface area (TPSA) is 17.1 Å². The van der Waals surface area contributed by atoms with Crippen molar-refractivity contribution in [3.63, 3.8) is 0 Å². The normalized spacial score (nSPS) is 16.3. The van der Waals surface area contributed by atoms with Crippen LogP contribution in [0.5, 0.6) is 0 Å². The van der Waals surface area contributed by atoms with Crippen molar-refractivity contribution in [3.8, 4) is 0 Å². The second-order valence-corrected chi connectivity index (χ2v) is 5.41. The lowest BCUT2D eigenvalue weighted by Crippen LogP contribution is -2.21. The Morgan fingerprint density at radius 1 is 1.13 bits per heavy atom. The molecule has 0 radical (unpaired) electrons. The van der Waals surface area contributed by atoms with E-state index in [4.69, 9.17) is 0 Å². The van der Waals surface area contributed by atoms with Crippen LogP contribution in [0.25, 0.3) is 0 Å². The zero-order valence-electron chi connectivity index (χ0n) is 9.76. The highest BCUT2D eigenvalue weighted by molar-refractivity contribution is 5.83.